The minimum absolute atomic E-state index is 0.00533. The molecule has 0 spiro atoms. The van der Waals surface area contributed by atoms with Crippen molar-refractivity contribution in [3.63, 3.8) is 0 Å². The number of hydrogen-bond acceptors (Lipinski definition) is 4. The molecule has 1 fully saturated rings. The molecular weight excluding hydrogens is 218 g/mol. The zero-order chi connectivity index (χ0) is 12.1. The van der Waals surface area contributed by atoms with Gasteiger partial charge in [-0.3, -0.25) is 14.7 Å². The van der Waals surface area contributed by atoms with E-state index in [2.05, 4.69) is 9.88 Å². The van der Waals surface area contributed by atoms with Crippen LogP contribution in [0.15, 0.2) is 24.4 Å². The molecule has 2 rings (SSSR count). The molecule has 1 aromatic heterocycles. The van der Waals surface area contributed by atoms with E-state index in [0.717, 1.165) is 13.1 Å². The number of β-amino-alcohol motifs (C(OH)–C–C–N with tert-alkyl or cyclic N) is 1. The molecule has 0 atom stereocenters. The van der Waals surface area contributed by atoms with Gasteiger partial charge in [-0.1, -0.05) is 6.07 Å². The molecule has 0 unspecified atom stereocenters. The number of hydrogen-bond donors (Lipinski definition) is 1. The van der Waals surface area contributed by atoms with Crippen molar-refractivity contribution in [2.45, 2.75) is 0 Å². The summed E-state index contributed by atoms with van der Waals surface area (Å²) in [5.74, 6) is -0.00533. The molecule has 5 heteroatoms. The van der Waals surface area contributed by atoms with Crippen LogP contribution in [0.1, 0.15) is 10.5 Å². The normalized spacial score (nSPS) is 17.1. The number of aliphatic hydroxyl groups excluding tert-OH is 1. The Bertz CT molecular complexity index is 361. The average Bonchev–Trinajstić information content (AvgIpc) is 2.40. The molecule has 1 N–H and O–H groups in total. The van der Waals surface area contributed by atoms with Crippen LogP contribution in [0.2, 0.25) is 0 Å². The molecule has 17 heavy (non-hydrogen) atoms. The second-order valence-electron chi connectivity index (χ2n) is 4.07. The molecule has 1 aliphatic rings. The van der Waals surface area contributed by atoms with Crippen molar-refractivity contribution in [1.82, 2.24) is 14.8 Å². The lowest BCUT2D eigenvalue weighted by atomic mass is 10.2. The summed E-state index contributed by atoms with van der Waals surface area (Å²) in [6.07, 6.45) is 1.63. The fraction of sp³-hybridized carbons (Fsp3) is 0.500. The molecule has 2 heterocycles. The van der Waals surface area contributed by atoms with Crippen LogP contribution in [0.3, 0.4) is 0 Å². The summed E-state index contributed by atoms with van der Waals surface area (Å²) < 4.78 is 0. The van der Waals surface area contributed by atoms with E-state index in [4.69, 9.17) is 5.11 Å². The highest BCUT2D eigenvalue weighted by molar-refractivity contribution is 5.92. The molecule has 1 aromatic rings. The number of aromatic nitrogens is 1. The van der Waals surface area contributed by atoms with Crippen molar-refractivity contribution in [2.24, 2.45) is 0 Å². The van der Waals surface area contributed by atoms with Crippen LogP contribution >= 0.6 is 0 Å². The molecule has 92 valence electrons. The highest BCUT2D eigenvalue weighted by Crippen LogP contribution is 2.06. The number of piperazine rings is 1. The molecule has 1 aliphatic heterocycles. The van der Waals surface area contributed by atoms with Gasteiger partial charge in [0.05, 0.1) is 6.61 Å². The number of rotatable bonds is 3. The molecule has 0 aromatic carbocycles. The summed E-state index contributed by atoms with van der Waals surface area (Å²) in [4.78, 5) is 20.1. The van der Waals surface area contributed by atoms with E-state index in [1.165, 1.54) is 0 Å². The highest BCUT2D eigenvalue weighted by Gasteiger charge is 2.22. The molecule has 0 aliphatic carbocycles. The number of pyridine rings is 1. The molecule has 0 bridgehead atoms. The van der Waals surface area contributed by atoms with Crippen molar-refractivity contribution in [3.05, 3.63) is 30.1 Å². The summed E-state index contributed by atoms with van der Waals surface area (Å²) in [5.41, 5.74) is 0.503. The molecule has 1 amide bonds. The summed E-state index contributed by atoms with van der Waals surface area (Å²) in [5, 5.41) is 8.84. The third-order valence-corrected chi connectivity index (χ3v) is 2.96. The first-order chi connectivity index (χ1) is 8.31. The Morgan fingerprint density at radius 3 is 2.65 bits per heavy atom. The van der Waals surface area contributed by atoms with E-state index in [1.54, 1.807) is 18.3 Å². The van der Waals surface area contributed by atoms with E-state index in [1.807, 2.05) is 11.0 Å². The van der Waals surface area contributed by atoms with Crippen LogP contribution in [-0.4, -0.2) is 65.1 Å². The van der Waals surface area contributed by atoms with Crippen LogP contribution in [-0.2, 0) is 0 Å². The summed E-state index contributed by atoms with van der Waals surface area (Å²) in [7, 11) is 0. The number of aliphatic hydroxyl groups is 1. The van der Waals surface area contributed by atoms with Crippen LogP contribution < -0.4 is 0 Å². The Labute approximate surface area is 101 Å². The van der Waals surface area contributed by atoms with Gasteiger partial charge >= 0.3 is 0 Å². The Morgan fingerprint density at radius 2 is 2.06 bits per heavy atom. The summed E-state index contributed by atoms with van der Waals surface area (Å²) >= 11 is 0. The van der Waals surface area contributed by atoms with Gasteiger partial charge in [0.15, 0.2) is 0 Å². The largest absolute Gasteiger partial charge is 0.395 e. The maximum atomic E-state index is 12.1. The van der Waals surface area contributed by atoms with E-state index < -0.39 is 0 Å². The van der Waals surface area contributed by atoms with Crippen molar-refractivity contribution in [2.75, 3.05) is 39.3 Å². The summed E-state index contributed by atoms with van der Waals surface area (Å²) in [6.45, 7) is 3.91. The van der Waals surface area contributed by atoms with Gasteiger partial charge in [0.2, 0.25) is 0 Å². The van der Waals surface area contributed by atoms with Crippen LogP contribution in [0.4, 0.5) is 0 Å². The van der Waals surface area contributed by atoms with E-state index in [9.17, 15) is 4.79 Å². The predicted octanol–water partition coefficient (Wildman–Crippen LogP) is -0.168. The minimum Gasteiger partial charge on any atom is -0.395 e. The van der Waals surface area contributed by atoms with Crippen molar-refractivity contribution in [1.29, 1.82) is 0 Å². The van der Waals surface area contributed by atoms with E-state index in [-0.39, 0.29) is 12.5 Å². The van der Waals surface area contributed by atoms with Gasteiger partial charge < -0.3 is 10.0 Å². The van der Waals surface area contributed by atoms with Crippen LogP contribution in [0.25, 0.3) is 0 Å². The molecule has 0 radical (unpaired) electrons. The van der Waals surface area contributed by atoms with Gasteiger partial charge in [-0.25, -0.2) is 0 Å². The van der Waals surface area contributed by atoms with Crippen molar-refractivity contribution in [3.8, 4) is 0 Å². The van der Waals surface area contributed by atoms with Crippen molar-refractivity contribution < 1.29 is 9.90 Å². The standard InChI is InChI=1S/C12H17N3O2/c16-10-9-14-5-7-15(8-6-14)12(17)11-3-1-2-4-13-11/h1-4,16H,5-10H2. The summed E-state index contributed by atoms with van der Waals surface area (Å²) in [6, 6.07) is 5.36. The van der Waals surface area contributed by atoms with Gasteiger partial charge in [-0.15, -0.1) is 0 Å². The van der Waals surface area contributed by atoms with Gasteiger partial charge in [0.25, 0.3) is 5.91 Å². The first kappa shape index (κ1) is 12.0. The van der Waals surface area contributed by atoms with Gasteiger partial charge in [-0.2, -0.15) is 0 Å². The zero-order valence-corrected chi connectivity index (χ0v) is 9.75. The van der Waals surface area contributed by atoms with Crippen molar-refractivity contribution >= 4 is 5.91 Å². The Balaban J connectivity index is 1.91. The number of carbonyl (C=O) groups excluding carboxylic acids is 1. The van der Waals surface area contributed by atoms with Gasteiger partial charge in [-0.05, 0) is 12.1 Å². The quantitative estimate of drug-likeness (QED) is 0.790. The SMILES string of the molecule is O=C(c1ccccn1)N1CCN(CCO)CC1. The third-order valence-electron chi connectivity index (χ3n) is 2.96. The maximum Gasteiger partial charge on any atom is 0.272 e. The lowest BCUT2D eigenvalue weighted by molar-refractivity contribution is 0.0609. The second kappa shape index (κ2) is 5.75. The van der Waals surface area contributed by atoms with Crippen LogP contribution in [0, 0.1) is 0 Å². The third kappa shape index (κ3) is 3.01. The Morgan fingerprint density at radius 1 is 1.29 bits per heavy atom. The Kier molecular flexibility index (Phi) is 4.06. The zero-order valence-electron chi connectivity index (χ0n) is 9.75. The van der Waals surface area contributed by atoms with Crippen LogP contribution in [0.5, 0.6) is 0 Å². The molecule has 1 saturated heterocycles. The topological polar surface area (TPSA) is 56.7 Å². The smallest absolute Gasteiger partial charge is 0.272 e. The Hall–Kier alpha value is -1.46. The maximum absolute atomic E-state index is 12.1. The molecule has 0 saturated carbocycles. The van der Waals surface area contributed by atoms with E-state index >= 15 is 0 Å². The first-order valence-corrected chi connectivity index (χ1v) is 5.85. The monoisotopic (exact) mass is 235 g/mol. The highest BCUT2D eigenvalue weighted by atomic mass is 16.3. The molecular formula is C12H17N3O2. The fourth-order valence-corrected chi connectivity index (χ4v) is 1.97. The fourth-order valence-electron chi connectivity index (χ4n) is 1.97. The number of carbonyl (C=O) groups is 1. The average molecular weight is 235 g/mol. The first-order valence-electron chi connectivity index (χ1n) is 5.85. The van der Waals surface area contributed by atoms with E-state index in [0.29, 0.717) is 25.3 Å². The van der Waals surface area contributed by atoms with Gasteiger partial charge in [0.1, 0.15) is 5.69 Å². The number of amides is 1. The molecule has 5 nitrogen and oxygen atoms in total. The number of nitrogens with zero attached hydrogens (tertiary/aromatic N) is 3. The minimum atomic E-state index is -0.00533. The lowest BCUT2D eigenvalue weighted by Gasteiger charge is -2.34. The van der Waals surface area contributed by atoms with Gasteiger partial charge in [0, 0.05) is 38.9 Å². The predicted molar refractivity (Wildman–Crippen MR) is 63.7 cm³/mol. The lowest BCUT2D eigenvalue weighted by Crippen LogP contribution is -2.49. The second-order valence-corrected chi connectivity index (χ2v) is 4.07.